The Bertz CT molecular complexity index is 734. The van der Waals surface area contributed by atoms with Gasteiger partial charge in [0.05, 0.1) is 12.9 Å². The van der Waals surface area contributed by atoms with Gasteiger partial charge in [-0.15, -0.1) is 0 Å². The van der Waals surface area contributed by atoms with E-state index in [1.807, 2.05) is 13.8 Å². The van der Waals surface area contributed by atoms with E-state index >= 15 is 0 Å². The van der Waals surface area contributed by atoms with E-state index in [0.717, 1.165) is 0 Å². The molecule has 0 radical (unpaired) electrons. The molecule has 2 aromatic rings. The number of fused-ring (bicyclic) bond motifs is 2. The molecule has 0 aromatic carbocycles. The highest BCUT2D eigenvalue weighted by atomic mass is 16.8. The van der Waals surface area contributed by atoms with Crippen LogP contribution in [0.1, 0.15) is 20.1 Å². The number of hydrogen-bond acceptors (Lipinski definition) is 9. The monoisotopic (exact) mass is 322 g/mol. The summed E-state index contributed by atoms with van der Waals surface area (Å²) in [6.07, 6.45) is 1.54. The van der Waals surface area contributed by atoms with E-state index in [2.05, 4.69) is 15.0 Å². The summed E-state index contributed by atoms with van der Waals surface area (Å²) in [5, 5.41) is 0. The summed E-state index contributed by atoms with van der Waals surface area (Å²) in [4.78, 5) is 17.2. The second-order valence-corrected chi connectivity index (χ2v) is 6.05. The molecule has 10 nitrogen and oxygen atoms in total. The number of anilines is 1. The predicted octanol–water partition coefficient (Wildman–Crippen LogP) is -0.284. The Morgan fingerprint density at radius 2 is 2.04 bits per heavy atom. The molecule has 23 heavy (non-hydrogen) atoms. The highest BCUT2D eigenvalue weighted by Crippen LogP contribution is 2.43. The first kappa shape index (κ1) is 14.7. The second-order valence-electron chi connectivity index (χ2n) is 6.05. The fraction of sp³-hybridized carbons (Fsp3) is 0.615. The summed E-state index contributed by atoms with van der Waals surface area (Å²) in [5.41, 5.74) is 6.92. The van der Waals surface area contributed by atoms with Crippen LogP contribution in [-0.4, -0.2) is 50.2 Å². The summed E-state index contributed by atoms with van der Waals surface area (Å²) in [7, 11) is 0. The Morgan fingerprint density at radius 3 is 2.83 bits per heavy atom. The lowest BCUT2D eigenvalue weighted by atomic mass is 10.1. The predicted molar refractivity (Wildman–Crippen MR) is 77.6 cm³/mol. The van der Waals surface area contributed by atoms with Crippen LogP contribution in [0.5, 0.6) is 0 Å². The minimum absolute atomic E-state index is 0.195. The van der Waals surface area contributed by atoms with E-state index in [1.165, 1.54) is 6.33 Å². The maximum Gasteiger partial charge on any atom is 0.167 e. The Labute approximate surface area is 131 Å². The third-order valence-electron chi connectivity index (χ3n) is 4.05. The van der Waals surface area contributed by atoms with Crippen LogP contribution in [0.2, 0.25) is 0 Å². The van der Waals surface area contributed by atoms with Gasteiger partial charge in [0.1, 0.15) is 30.2 Å². The molecule has 4 atom stereocenters. The number of hydrogen-bond donors (Lipinski definition) is 2. The zero-order valence-electron chi connectivity index (χ0n) is 12.7. The van der Waals surface area contributed by atoms with Crippen LogP contribution in [-0.2, 0) is 19.0 Å². The Balaban J connectivity index is 1.74. The van der Waals surface area contributed by atoms with E-state index in [9.17, 15) is 0 Å². The molecule has 10 heteroatoms. The molecule has 0 saturated carbocycles. The molecular formula is C13H18N6O4. The maximum atomic E-state index is 6.02. The van der Waals surface area contributed by atoms with Gasteiger partial charge in [-0.2, -0.15) is 0 Å². The summed E-state index contributed by atoms with van der Waals surface area (Å²) < 4.78 is 19.7. The molecule has 4 rings (SSSR count). The van der Waals surface area contributed by atoms with Crippen LogP contribution in [0.3, 0.4) is 0 Å². The van der Waals surface area contributed by atoms with Crippen LogP contribution in [0.15, 0.2) is 12.7 Å². The second kappa shape index (κ2) is 5.08. The molecule has 2 fully saturated rings. The third-order valence-corrected chi connectivity index (χ3v) is 4.05. The van der Waals surface area contributed by atoms with E-state index in [1.54, 1.807) is 10.9 Å². The van der Waals surface area contributed by atoms with Gasteiger partial charge < -0.3 is 24.8 Å². The molecule has 2 aliphatic rings. The first-order valence-corrected chi connectivity index (χ1v) is 7.26. The summed E-state index contributed by atoms with van der Waals surface area (Å²) in [6, 6.07) is 0. The first-order valence-electron chi connectivity index (χ1n) is 7.26. The lowest BCUT2D eigenvalue weighted by molar-refractivity contribution is -0.201. The number of nitrogens with two attached hydrogens (primary N) is 2. The van der Waals surface area contributed by atoms with E-state index in [0.29, 0.717) is 17.0 Å². The standard InChI is InChI=1S/C13H18N6O4/c1-13(2)22-8-6(3-20-15)21-12(9(8)23-13)19-5-18-7-10(14)16-4-17-11(7)19/h4-6,8-9,12H,3,15H2,1-2H3,(H2,14,16,17)/t6-,8-,9-,12-/m1/s1. The molecule has 0 bridgehead atoms. The van der Waals surface area contributed by atoms with Crippen LogP contribution in [0.25, 0.3) is 11.2 Å². The Morgan fingerprint density at radius 1 is 1.26 bits per heavy atom. The molecule has 2 saturated heterocycles. The number of ether oxygens (including phenoxy) is 3. The summed E-state index contributed by atoms with van der Waals surface area (Å²) in [5.74, 6) is 4.80. The smallest absolute Gasteiger partial charge is 0.167 e. The number of rotatable bonds is 3. The minimum atomic E-state index is -0.714. The number of aromatic nitrogens is 4. The Kier molecular flexibility index (Phi) is 3.25. The average Bonchev–Trinajstić information content (AvgIpc) is 3.13. The van der Waals surface area contributed by atoms with Crippen molar-refractivity contribution in [1.82, 2.24) is 19.5 Å². The van der Waals surface area contributed by atoms with E-state index in [-0.39, 0.29) is 24.9 Å². The minimum Gasteiger partial charge on any atom is -0.382 e. The van der Waals surface area contributed by atoms with Gasteiger partial charge in [-0.05, 0) is 13.8 Å². The van der Waals surface area contributed by atoms with E-state index < -0.39 is 12.0 Å². The SMILES string of the molecule is CC1(C)O[C@@H]2[C@H](O1)[C@@H](CON)O[C@H]2n1cnc2c(N)ncnc21. The van der Waals surface area contributed by atoms with Gasteiger partial charge in [-0.1, -0.05) is 0 Å². The molecule has 0 aliphatic carbocycles. The number of imidazole rings is 1. The zero-order valence-corrected chi connectivity index (χ0v) is 12.7. The number of nitrogens with zero attached hydrogens (tertiary/aromatic N) is 4. The fourth-order valence-electron chi connectivity index (χ4n) is 3.17. The summed E-state index contributed by atoms with van der Waals surface area (Å²) >= 11 is 0. The van der Waals surface area contributed by atoms with Gasteiger partial charge in [0.25, 0.3) is 0 Å². The van der Waals surface area contributed by atoms with Crippen molar-refractivity contribution in [2.24, 2.45) is 5.90 Å². The molecule has 0 spiro atoms. The molecule has 2 aromatic heterocycles. The van der Waals surface area contributed by atoms with Crippen molar-refractivity contribution in [1.29, 1.82) is 0 Å². The van der Waals surface area contributed by atoms with Crippen molar-refractivity contribution < 1.29 is 19.0 Å². The first-order chi connectivity index (χ1) is 11.0. The van der Waals surface area contributed by atoms with Crippen molar-refractivity contribution >= 4 is 17.0 Å². The van der Waals surface area contributed by atoms with Crippen LogP contribution in [0.4, 0.5) is 5.82 Å². The van der Waals surface area contributed by atoms with Crippen LogP contribution >= 0.6 is 0 Å². The van der Waals surface area contributed by atoms with Crippen molar-refractivity contribution in [2.75, 3.05) is 12.3 Å². The molecule has 124 valence electrons. The lowest BCUT2D eigenvalue weighted by Crippen LogP contribution is -2.33. The largest absolute Gasteiger partial charge is 0.382 e. The van der Waals surface area contributed by atoms with E-state index in [4.69, 9.17) is 30.7 Å². The molecule has 0 unspecified atom stereocenters. The normalized spacial score (nSPS) is 32.5. The highest BCUT2D eigenvalue weighted by molar-refractivity contribution is 5.81. The van der Waals surface area contributed by atoms with Gasteiger partial charge >= 0.3 is 0 Å². The summed E-state index contributed by atoms with van der Waals surface area (Å²) in [6.45, 7) is 3.91. The fourth-order valence-corrected chi connectivity index (χ4v) is 3.17. The van der Waals surface area contributed by atoms with Crippen molar-refractivity contribution in [2.45, 2.75) is 44.2 Å². The quantitative estimate of drug-likeness (QED) is 0.732. The molecule has 0 amide bonds. The van der Waals surface area contributed by atoms with Crippen molar-refractivity contribution in [3.05, 3.63) is 12.7 Å². The average molecular weight is 322 g/mol. The van der Waals surface area contributed by atoms with Crippen LogP contribution in [0, 0.1) is 0 Å². The van der Waals surface area contributed by atoms with Gasteiger partial charge in [-0.25, -0.2) is 20.8 Å². The maximum absolute atomic E-state index is 6.02. The topological polar surface area (TPSA) is 133 Å². The van der Waals surface area contributed by atoms with Gasteiger partial charge in [0.2, 0.25) is 0 Å². The number of nitrogen functional groups attached to an aromatic ring is 1. The van der Waals surface area contributed by atoms with Crippen molar-refractivity contribution in [3.8, 4) is 0 Å². The Hall–Kier alpha value is -1.85. The van der Waals surface area contributed by atoms with Crippen LogP contribution < -0.4 is 11.6 Å². The molecular weight excluding hydrogens is 304 g/mol. The van der Waals surface area contributed by atoms with Gasteiger partial charge in [0, 0.05) is 0 Å². The van der Waals surface area contributed by atoms with Crippen molar-refractivity contribution in [3.63, 3.8) is 0 Å². The molecule has 4 N–H and O–H groups in total. The third kappa shape index (κ3) is 2.26. The molecule has 2 aliphatic heterocycles. The van der Waals surface area contributed by atoms with Gasteiger partial charge in [-0.3, -0.25) is 4.57 Å². The lowest BCUT2D eigenvalue weighted by Gasteiger charge is -2.24. The zero-order chi connectivity index (χ0) is 16.2. The highest BCUT2D eigenvalue weighted by Gasteiger charge is 2.56. The molecule has 4 heterocycles. The van der Waals surface area contributed by atoms with Gasteiger partial charge in [0.15, 0.2) is 23.5 Å².